The monoisotopic (exact) mass is 234 g/mol. The van der Waals surface area contributed by atoms with Crippen LogP contribution >= 0.6 is 0 Å². The summed E-state index contributed by atoms with van der Waals surface area (Å²) < 4.78 is 31.3. The van der Waals surface area contributed by atoms with E-state index in [2.05, 4.69) is 8.37 Å². The van der Waals surface area contributed by atoms with Gasteiger partial charge in [-0.3, -0.25) is 0 Å². The molecule has 0 radical (unpaired) electrons. The Balaban J connectivity index is 3.99. The van der Waals surface area contributed by atoms with Gasteiger partial charge in [0.05, 0.1) is 13.2 Å². The van der Waals surface area contributed by atoms with Crippen molar-refractivity contribution in [2.75, 3.05) is 13.2 Å². The van der Waals surface area contributed by atoms with Crippen molar-refractivity contribution in [2.24, 2.45) is 0 Å². The fourth-order valence-corrected chi connectivity index (χ4v) is 1.14. The summed E-state index contributed by atoms with van der Waals surface area (Å²) in [5.41, 5.74) is 1.99. The molecule has 0 fully saturated rings. The maximum absolute atomic E-state index is 11.1. The Hall–Kier alpha value is -0.650. The molecule has 0 unspecified atom stereocenters. The first-order valence-electron chi connectivity index (χ1n) is 4.64. The van der Waals surface area contributed by atoms with Gasteiger partial charge < -0.3 is 0 Å². The molecule has 0 bridgehead atoms. The predicted octanol–water partition coefficient (Wildman–Crippen LogP) is 2.20. The molecule has 88 valence electrons. The van der Waals surface area contributed by atoms with E-state index in [9.17, 15) is 8.42 Å². The van der Waals surface area contributed by atoms with Gasteiger partial charge in [-0.2, -0.15) is 8.42 Å². The molecule has 0 saturated carbocycles. The van der Waals surface area contributed by atoms with E-state index in [1.807, 2.05) is 27.7 Å². The summed E-state index contributed by atoms with van der Waals surface area (Å²) in [4.78, 5) is 0. The molecule has 15 heavy (non-hydrogen) atoms. The van der Waals surface area contributed by atoms with Gasteiger partial charge in [-0.25, -0.2) is 8.37 Å². The number of rotatable bonds is 6. The smallest absolute Gasteiger partial charge is 0.244 e. The van der Waals surface area contributed by atoms with Crippen LogP contribution in [0, 0.1) is 0 Å². The second-order valence-electron chi connectivity index (χ2n) is 3.54. The zero-order valence-electron chi connectivity index (χ0n) is 9.61. The van der Waals surface area contributed by atoms with Gasteiger partial charge in [-0.1, -0.05) is 23.3 Å². The van der Waals surface area contributed by atoms with Gasteiger partial charge in [-0.05, 0) is 27.7 Å². The minimum Gasteiger partial charge on any atom is -0.244 e. The summed E-state index contributed by atoms with van der Waals surface area (Å²) in [6.45, 7) is 7.47. The Bertz CT molecular complexity index is 302. The molecule has 5 heteroatoms. The molecule has 0 aliphatic carbocycles. The highest BCUT2D eigenvalue weighted by molar-refractivity contribution is 7.81. The highest BCUT2D eigenvalue weighted by atomic mass is 32.3. The van der Waals surface area contributed by atoms with Crippen LogP contribution in [0.15, 0.2) is 23.3 Å². The zero-order chi connectivity index (χ0) is 11.9. The van der Waals surface area contributed by atoms with Gasteiger partial charge in [0, 0.05) is 0 Å². The van der Waals surface area contributed by atoms with Crippen LogP contribution < -0.4 is 0 Å². The lowest BCUT2D eigenvalue weighted by atomic mass is 10.3. The van der Waals surface area contributed by atoms with Gasteiger partial charge in [0.2, 0.25) is 0 Å². The molecule has 0 atom stereocenters. The first-order chi connectivity index (χ1) is 6.83. The van der Waals surface area contributed by atoms with E-state index in [1.54, 1.807) is 12.2 Å². The Morgan fingerprint density at radius 1 is 0.933 bits per heavy atom. The molecule has 0 heterocycles. The van der Waals surface area contributed by atoms with E-state index < -0.39 is 10.4 Å². The Kier molecular flexibility index (Phi) is 6.47. The summed E-state index contributed by atoms with van der Waals surface area (Å²) in [7, 11) is -3.86. The first kappa shape index (κ1) is 14.3. The highest BCUT2D eigenvalue weighted by Gasteiger charge is 2.09. The summed E-state index contributed by atoms with van der Waals surface area (Å²) in [5.74, 6) is 0. The van der Waals surface area contributed by atoms with Crippen molar-refractivity contribution in [1.82, 2.24) is 0 Å². The molecule has 0 N–H and O–H groups in total. The van der Waals surface area contributed by atoms with E-state index in [0.29, 0.717) is 0 Å². The summed E-state index contributed by atoms with van der Waals surface area (Å²) in [5, 5.41) is 0. The fourth-order valence-electron chi connectivity index (χ4n) is 0.602. The van der Waals surface area contributed by atoms with E-state index >= 15 is 0 Å². The number of hydrogen-bond donors (Lipinski definition) is 0. The van der Waals surface area contributed by atoms with E-state index in [4.69, 9.17) is 0 Å². The predicted molar refractivity (Wildman–Crippen MR) is 59.7 cm³/mol. The van der Waals surface area contributed by atoms with Gasteiger partial charge in [-0.15, -0.1) is 0 Å². The SMILES string of the molecule is CC(C)=CCOS(=O)(=O)OCC=C(C)C. The lowest BCUT2D eigenvalue weighted by Gasteiger charge is -2.02. The molecule has 0 aliphatic heterocycles. The molecule has 0 saturated heterocycles. The average Bonchev–Trinajstić information content (AvgIpc) is 2.01. The van der Waals surface area contributed by atoms with Gasteiger partial charge in [0.1, 0.15) is 0 Å². The topological polar surface area (TPSA) is 52.6 Å². The standard InChI is InChI=1S/C10H18O4S/c1-9(2)5-7-13-15(11,12)14-8-6-10(3)4/h5-6H,7-8H2,1-4H3. The molecular weight excluding hydrogens is 216 g/mol. The third kappa shape index (κ3) is 9.65. The molecular formula is C10H18O4S. The summed E-state index contributed by atoms with van der Waals surface area (Å²) >= 11 is 0. The molecule has 0 aromatic carbocycles. The zero-order valence-corrected chi connectivity index (χ0v) is 10.4. The quantitative estimate of drug-likeness (QED) is 0.661. The molecule has 0 aromatic rings. The summed E-state index contributed by atoms with van der Waals surface area (Å²) in [6, 6.07) is 0. The molecule has 0 aromatic heterocycles. The third-order valence-electron chi connectivity index (χ3n) is 1.41. The van der Waals surface area contributed by atoms with Crippen LogP contribution in [-0.2, 0) is 18.8 Å². The maximum atomic E-state index is 11.1. The van der Waals surface area contributed by atoms with Crippen LogP contribution in [0.4, 0.5) is 0 Å². The largest absolute Gasteiger partial charge is 0.400 e. The first-order valence-corrected chi connectivity index (χ1v) is 5.97. The maximum Gasteiger partial charge on any atom is 0.400 e. The molecule has 0 rings (SSSR count). The van der Waals surface area contributed by atoms with Crippen molar-refractivity contribution in [3.8, 4) is 0 Å². The fraction of sp³-hybridized carbons (Fsp3) is 0.600. The van der Waals surface area contributed by atoms with Crippen molar-refractivity contribution in [1.29, 1.82) is 0 Å². The van der Waals surface area contributed by atoms with Crippen LogP contribution in [0.2, 0.25) is 0 Å². The van der Waals surface area contributed by atoms with E-state index in [1.165, 1.54) is 0 Å². The van der Waals surface area contributed by atoms with Crippen LogP contribution in [0.1, 0.15) is 27.7 Å². The van der Waals surface area contributed by atoms with Gasteiger partial charge in [0.25, 0.3) is 0 Å². The Labute approximate surface area is 91.9 Å². The van der Waals surface area contributed by atoms with Crippen LogP contribution in [0.5, 0.6) is 0 Å². The normalized spacial score (nSPS) is 10.9. The molecule has 0 spiro atoms. The lowest BCUT2D eigenvalue weighted by Crippen LogP contribution is -2.10. The molecule has 0 aliphatic rings. The van der Waals surface area contributed by atoms with Crippen LogP contribution in [0.3, 0.4) is 0 Å². The summed E-state index contributed by atoms with van der Waals surface area (Å²) in [6.07, 6.45) is 3.34. The Morgan fingerprint density at radius 2 is 1.27 bits per heavy atom. The molecule has 0 amide bonds. The Morgan fingerprint density at radius 3 is 1.53 bits per heavy atom. The van der Waals surface area contributed by atoms with Crippen LogP contribution in [0.25, 0.3) is 0 Å². The second kappa shape index (κ2) is 6.76. The molecule has 4 nitrogen and oxygen atoms in total. The van der Waals surface area contributed by atoms with Crippen molar-refractivity contribution >= 4 is 10.4 Å². The van der Waals surface area contributed by atoms with E-state index in [0.717, 1.165) is 11.1 Å². The third-order valence-corrected chi connectivity index (χ3v) is 2.26. The minimum absolute atomic E-state index is 0.0134. The minimum atomic E-state index is -3.86. The van der Waals surface area contributed by atoms with Crippen molar-refractivity contribution in [3.63, 3.8) is 0 Å². The van der Waals surface area contributed by atoms with Gasteiger partial charge >= 0.3 is 10.4 Å². The van der Waals surface area contributed by atoms with Crippen molar-refractivity contribution < 1.29 is 16.8 Å². The van der Waals surface area contributed by atoms with E-state index in [-0.39, 0.29) is 13.2 Å². The lowest BCUT2D eigenvalue weighted by molar-refractivity contribution is 0.247. The second-order valence-corrected chi connectivity index (χ2v) is 4.83. The van der Waals surface area contributed by atoms with Crippen molar-refractivity contribution in [3.05, 3.63) is 23.3 Å². The number of hydrogen-bond acceptors (Lipinski definition) is 4. The van der Waals surface area contributed by atoms with Gasteiger partial charge in [0.15, 0.2) is 0 Å². The average molecular weight is 234 g/mol. The van der Waals surface area contributed by atoms with Crippen LogP contribution in [-0.4, -0.2) is 21.6 Å². The highest BCUT2D eigenvalue weighted by Crippen LogP contribution is 1.99. The number of allylic oxidation sites excluding steroid dienone is 2. The van der Waals surface area contributed by atoms with Crippen molar-refractivity contribution in [2.45, 2.75) is 27.7 Å².